The van der Waals surface area contributed by atoms with Gasteiger partial charge in [0.05, 0.1) is 42.0 Å². The van der Waals surface area contributed by atoms with Crippen LogP contribution in [0.15, 0.2) is 24.3 Å². The monoisotopic (exact) mass is 929 g/mol. The Balaban J connectivity index is 1.78. The van der Waals surface area contributed by atoms with Crippen molar-refractivity contribution in [3.63, 3.8) is 0 Å². The van der Waals surface area contributed by atoms with Crippen LogP contribution in [0.4, 0.5) is 14.9 Å². The minimum atomic E-state index is -1.87. The Morgan fingerprint density at radius 2 is 1.63 bits per heavy atom. The number of anilines is 1. The number of hydrogen-bond donors (Lipinski definition) is 8. The molecule has 2 amide bonds. The van der Waals surface area contributed by atoms with Crippen LogP contribution in [-0.2, 0) is 33.2 Å². The number of methoxy groups -OCH3 is 1. The number of benzene rings is 1. The molecule has 3 aliphatic heterocycles. The van der Waals surface area contributed by atoms with Crippen molar-refractivity contribution < 1.29 is 67.9 Å². The van der Waals surface area contributed by atoms with Gasteiger partial charge in [-0.15, -0.1) is 0 Å². The minimum Gasteiger partial charge on any atom is -0.459 e. The first-order valence-electron chi connectivity index (χ1n) is 23.4. The molecule has 1 aromatic rings. The van der Waals surface area contributed by atoms with Gasteiger partial charge in [0.2, 0.25) is 0 Å². The van der Waals surface area contributed by atoms with Crippen LogP contribution in [0.25, 0.3) is 0 Å². The maximum Gasteiger partial charge on any atom is 0.321 e. The minimum absolute atomic E-state index is 0.0279. The van der Waals surface area contributed by atoms with Crippen molar-refractivity contribution in [2.45, 2.75) is 198 Å². The fraction of sp³-hybridized carbons (Fsp3) is 0.830. The van der Waals surface area contributed by atoms with Gasteiger partial charge in [0.15, 0.2) is 12.6 Å². The lowest BCUT2D eigenvalue weighted by molar-refractivity contribution is -0.336. The SMILES string of the molecule is CCCNC[C@]1(O)[C@H](C)O[C@@H](O[C@H]2[C@H](C)[C@@H](O[C@@H]3O[C@H](C)C[C@H](N(C)C(=O)Nc4ccc(F)cc4)[C@H]3O)[C@](C)(O)C[C@@H](C)CN[C@H](C)[C@@H](O)[C@](C)(O)[C@@H](CC)OC(=O)[C@@H]2C)C[C@@]1(C)OC. The van der Waals surface area contributed by atoms with Crippen molar-refractivity contribution in [3.05, 3.63) is 30.1 Å². The third-order valence-corrected chi connectivity index (χ3v) is 14.3. The third kappa shape index (κ3) is 12.7. The highest BCUT2D eigenvalue weighted by Gasteiger charge is 2.58. The number of aliphatic hydroxyl groups excluding tert-OH is 2. The summed E-state index contributed by atoms with van der Waals surface area (Å²) in [5, 5.41) is 69.3. The first-order valence-corrected chi connectivity index (χ1v) is 23.4. The summed E-state index contributed by atoms with van der Waals surface area (Å²) in [7, 11) is 3.03. The molecule has 3 fully saturated rings. The molecule has 374 valence electrons. The third-order valence-electron chi connectivity index (χ3n) is 14.3. The molecule has 18 heteroatoms. The van der Waals surface area contributed by atoms with E-state index in [-0.39, 0.29) is 38.1 Å². The number of hydrogen-bond acceptors (Lipinski definition) is 15. The molecule has 3 saturated heterocycles. The Morgan fingerprint density at radius 1 is 0.985 bits per heavy atom. The maximum absolute atomic E-state index is 14.5. The molecular formula is C47H81FN4O13. The number of rotatable bonds is 12. The highest BCUT2D eigenvalue weighted by Crippen LogP contribution is 2.43. The molecule has 1 aromatic carbocycles. The van der Waals surface area contributed by atoms with Crippen LogP contribution in [-0.4, -0.2) is 166 Å². The fourth-order valence-electron chi connectivity index (χ4n) is 9.97. The Labute approximate surface area is 385 Å². The second-order valence-corrected chi connectivity index (χ2v) is 19.8. The number of nitrogens with zero attached hydrogens (tertiary/aromatic N) is 1. The lowest BCUT2D eigenvalue weighted by Crippen LogP contribution is -2.70. The number of urea groups is 1. The molecule has 3 aliphatic rings. The Kier molecular flexibility index (Phi) is 19.2. The molecule has 65 heavy (non-hydrogen) atoms. The number of esters is 1. The van der Waals surface area contributed by atoms with Crippen molar-refractivity contribution >= 4 is 17.7 Å². The Hall–Kier alpha value is -2.59. The molecule has 17 nitrogen and oxygen atoms in total. The zero-order valence-corrected chi connectivity index (χ0v) is 40.9. The average molecular weight is 929 g/mol. The average Bonchev–Trinajstić information content (AvgIpc) is 3.24. The first-order chi connectivity index (χ1) is 30.3. The molecule has 4 rings (SSSR count). The number of halogens is 1. The van der Waals surface area contributed by atoms with Crippen LogP contribution in [0, 0.1) is 23.6 Å². The summed E-state index contributed by atoms with van der Waals surface area (Å²) in [4.78, 5) is 29.3. The number of nitrogens with one attached hydrogen (secondary N) is 3. The van der Waals surface area contributed by atoms with Gasteiger partial charge in [-0.2, -0.15) is 0 Å². The van der Waals surface area contributed by atoms with Gasteiger partial charge in [-0.25, -0.2) is 9.18 Å². The highest BCUT2D eigenvalue weighted by molar-refractivity contribution is 5.89. The van der Waals surface area contributed by atoms with Gasteiger partial charge < -0.3 is 74.8 Å². The van der Waals surface area contributed by atoms with Crippen LogP contribution >= 0.6 is 0 Å². The van der Waals surface area contributed by atoms with Crippen LogP contribution in [0.2, 0.25) is 0 Å². The van der Waals surface area contributed by atoms with Crippen molar-refractivity contribution in [2.24, 2.45) is 17.8 Å². The molecule has 0 bridgehead atoms. The number of aliphatic hydroxyl groups is 5. The predicted octanol–water partition coefficient (Wildman–Crippen LogP) is 3.67. The second-order valence-electron chi connectivity index (χ2n) is 19.8. The first kappa shape index (κ1) is 55.0. The summed E-state index contributed by atoms with van der Waals surface area (Å²) in [6, 6.07) is 3.23. The van der Waals surface area contributed by atoms with E-state index in [0.29, 0.717) is 18.8 Å². The molecule has 0 saturated carbocycles. The van der Waals surface area contributed by atoms with Crippen LogP contribution in [0.3, 0.4) is 0 Å². The topological polar surface area (TPSA) is 230 Å². The Bertz CT molecular complexity index is 1680. The molecular weight excluding hydrogens is 848 g/mol. The van der Waals surface area contributed by atoms with E-state index in [1.165, 1.54) is 50.2 Å². The number of carbonyl (C=O) groups is 2. The van der Waals surface area contributed by atoms with Gasteiger partial charge in [-0.3, -0.25) is 4.79 Å². The lowest BCUT2D eigenvalue weighted by Gasteiger charge is -2.53. The molecule has 3 heterocycles. The smallest absolute Gasteiger partial charge is 0.321 e. The second kappa shape index (κ2) is 22.7. The Morgan fingerprint density at radius 3 is 2.23 bits per heavy atom. The van der Waals surface area contributed by atoms with E-state index in [2.05, 4.69) is 16.0 Å². The molecule has 0 spiro atoms. The van der Waals surface area contributed by atoms with E-state index in [1.54, 1.807) is 55.4 Å². The summed E-state index contributed by atoms with van der Waals surface area (Å²) in [5.41, 5.74) is -5.93. The largest absolute Gasteiger partial charge is 0.459 e. The van der Waals surface area contributed by atoms with Gasteiger partial charge in [-0.05, 0) is 117 Å². The fourth-order valence-corrected chi connectivity index (χ4v) is 9.97. The van der Waals surface area contributed by atoms with E-state index in [1.807, 2.05) is 13.8 Å². The van der Waals surface area contributed by atoms with Crippen molar-refractivity contribution in [1.29, 1.82) is 0 Å². The highest BCUT2D eigenvalue weighted by atomic mass is 19.1. The molecule has 0 aromatic heterocycles. The molecule has 0 unspecified atom stereocenters. The van der Waals surface area contributed by atoms with E-state index in [9.17, 15) is 39.5 Å². The van der Waals surface area contributed by atoms with E-state index >= 15 is 0 Å². The summed E-state index contributed by atoms with van der Waals surface area (Å²) in [6.45, 7) is 20.2. The maximum atomic E-state index is 14.5. The summed E-state index contributed by atoms with van der Waals surface area (Å²) >= 11 is 0. The van der Waals surface area contributed by atoms with E-state index in [4.69, 9.17) is 28.4 Å². The van der Waals surface area contributed by atoms with Crippen LogP contribution < -0.4 is 16.0 Å². The van der Waals surface area contributed by atoms with E-state index in [0.717, 1.165) is 6.42 Å². The van der Waals surface area contributed by atoms with E-state index < -0.39 is 119 Å². The van der Waals surface area contributed by atoms with Crippen molar-refractivity contribution in [3.8, 4) is 0 Å². The number of carbonyl (C=O) groups excluding carboxylic acids is 2. The zero-order valence-electron chi connectivity index (χ0n) is 40.9. The number of ether oxygens (including phenoxy) is 6. The lowest BCUT2D eigenvalue weighted by atomic mass is 9.75. The zero-order chi connectivity index (χ0) is 48.8. The van der Waals surface area contributed by atoms with Crippen molar-refractivity contribution in [2.75, 3.05) is 39.1 Å². The summed E-state index contributed by atoms with van der Waals surface area (Å²) < 4.78 is 52.0. The number of cyclic esters (lactones) is 1. The molecule has 0 radical (unpaired) electrons. The molecule has 8 N–H and O–H groups in total. The number of likely N-dealkylation sites (N-methyl/N-ethyl adjacent to an activating group) is 1. The van der Waals surface area contributed by atoms with Gasteiger partial charge in [-0.1, -0.05) is 27.7 Å². The van der Waals surface area contributed by atoms with Gasteiger partial charge in [0.1, 0.15) is 40.9 Å². The van der Waals surface area contributed by atoms with Crippen molar-refractivity contribution in [1.82, 2.24) is 15.5 Å². The number of amides is 2. The van der Waals surface area contributed by atoms with Crippen LogP contribution in [0.1, 0.15) is 108 Å². The summed E-state index contributed by atoms with van der Waals surface area (Å²) in [6.07, 6.45) is -8.80. The predicted molar refractivity (Wildman–Crippen MR) is 241 cm³/mol. The quantitative estimate of drug-likeness (QED) is 0.111. The van der Waals surface area contributed by atoms with Gasteiger partial charge in [0.25, 0.3) is 0 Å². The normalized spacial score (nSPS) is 42.6. The molecule has 18 atom stereocenters. The van der Waals surface area contributed by atoms with Gasteiger partial charge in [0, 0.05) is 44.8 Å². The summed E-state index contributed by atoms with van der Waals surface area (Å²) in [5.74, 6) is -3.53. The van der Waals surface area contributed by atoms with Gasteiger partial charge >= 0.3 is 12.0 Å². The van der Waals surface area contributed by atoms with Crippen LogP contribution in [0.5, 0.6) is 0 Å². The molecule has 0 aliphatic carbocycles. The standard InChI is InChI=1S/C47H81FN4O13/c1-14-20-49-25-47(59)31(8)62-36(23-45(47,10)60-13)64-38-28(5)40(65-42-37(53)34(21-27(4)61-42)52(12)43(56)51-33-18-16-32(48)17-19-33)44(9,57)22-26(3)24-50-30(7)39(54)46(11,58)35(15-2)63-41(55)29(38)6/h16-19,26-31,34-40,42,49-50,53-54,57-59H,14-15,20-25H2,1-13H3,(H,51,56)/t26-,27-,28+,29-,30-,31+,34+,35-,36+,37-,38+,39-,40-,42+,44-,45-,46-,47+/m1/s1.